The zero-order chi connectivity index (χ0) is 28.6. The first-order chi connectivity index (χ1) is 18.4. The summed E-state index contributed by atoms with van der Waals surface area (Å²) in [7, 11) is -2.44. The molecule has 0 aliphatic rings. The molecule has 0 saturated heterocycles. The zero-order valence-corrected chi connectivity index (χ0v) is 23.9. The van der Waals surface area contributed by atoms with Crippen LogP contribution in [0.25, 0.3) is 0 Å². The van der Waals surface area contributed by atoms with E-state index in [2.05, 4.69) is 5.32 Å². The van der Waals surface area contributed by atoms with Crippen LogP contribution in [0.3, 0.4) is 0 Å². The number of anilines is 1. The zero-order valence-electron chi connectivity index (χ0n) is 23.1. The Hall–Kier alpha value is -3.85. The number of ether oxygens (including phenoxy) is 1. The van der Waals surface area contributed by atoms with Gasteiger partial charge in [0.25, 0.3) is 0 Å². The lowest BCUT2D eigenvalue weighted by molar-refractivity contribution is -0.140. The fourth-order valence-corrected chi connectivity index (χ4v) is 5.07. The van der Waals surface area contributed by atoms with Crippen LogP contribution in [0.15, 0.2) is 84.9 Å². The largest absolute Gasteiger partial charge is 0.495 e. The number of carbonyl (C=O) groups excluding carboxylic acids is 2. The van der Waals surface area contributed by atoms with Gasteiger partial charge in [0, 0.05) is 18.5 Å². The van der Waals surface area contributed by atoms with Crippen molar-refractivity contribution in [1.29, 1.82) is 0 Å². The van der Waals surface area contributed by atoms with E-state index in [-0.39, 0.29) is 24.6 Å². The third kappa shape index (κ3) is 8.58. The van der Waals surface area contributed by atoms with Crippen molar-refractivity contribution in [3.05, 3.63) is 96.1 Å². The summed E-state index contributed by atoms with van der Waals surface area (Å²) in [5.41, 5.74) is 1.40. The molecule has 0 unspecified atom stereocenters. The van der Waals surface area contributed by atoms with Crippen molar-refractivity contribution >= 4 is 27.5 Å². The number of nitrogens with one attached hydrogen (secondary N) is 1. The number of rotatable bonds is 11. The topological polar surface area (TPSA) is 96.0 Å². The normalized spacial score (nSPS) is 12.3. The Morgan fingerprint density at radius 1 is 0.872 bits per heavy atom. The van der Waals surface area contributed by atoms with Gasteiger partial charge in [-0.1, -0.05) is 72.8 Å². The number of benzene rings is 3. The van der Waals surface area contributed by atoms with Crippen LogP contribution in [0.4, 0.5) is 5.69 Å². The molecule has 0 aliphatic carbocycles. The number of para-hydroxylation sites is 2. The van der Waals surface area contributed by atoms with Crippen LogP contribution in [0, 0.1) is 0 Å². The maximum Gasteiger partial charge on any atom is 0.244 e. The van der Waals surface area contributed by atoms with E-state index in [1.807, 2.05) is 81.4 Å². The van der Waals surface area contributed by atoms with Crippen molar-refractivity contribution in [3.63, 3.8) is 0 Å². The highest BCUT2D eigenvalue weighted by atomic mass is 32.2. The molecule has 0 spiro atoms. The molecule has 9 heteroatoms. The van der Waals surface area contributed by atoms with E-state index in [1.165, 1.54) is 12.0 Å². The Kier molecular flexibility index (Phi) is 9.75. The summed E-state index contributed by atoms with van der Waals surface area (Å²) < 4.78 is 32.2. The maximum atomic E-state index is 14.1. The van der Waals surface area contributed by atoms with E-state index in [0.717, 1.165) is 21.7 Å². The van der Waals surface area contributed by atoms with Crippen LogP contribution in [0.1, 0.15) is 31.9 Å². The first kappa shape index (κ1) is 29.7. The molecule has 0 aromatic heterocycles. The summed E-state index contributed by atoms with van der Waals surface area (Å²) in [6.45, 7) is 5.25. The molecule has 1 N–H and O–H groups in total. The average molecular weight is 552 g/mol. The first-order valence-electron chi connectivity index (χ1n) is 12.7. The van der Waals surface area contributed by atoms with Gasteiger partial charge in [-0.15, -0.1) is 0 Å². The van der Waals surface area contributed by atoms with Crippen molar-refractivity contribution in [2.45, 2.75) is 45.3 Å². The highest BCUT2D eigenvalue weighted by Gasteiger charge is 2.34. The second-order valence-corrected chi connectivity index (χ2v) is 12.3. The molecule has 0 heterocycles. The Morgan fingerprint density at radius 2 is 1.41 bits per heavy atom. The fraction of sp³-hybridized carbons (Fsp3) is 0.333. The van der Waals surface area contributed by atoms with Crippen molar-refractivity contribution in [1.82, 2.24) is 10.2 Å². The lowest BCUT2D eigenvalue weighted by Gasteiger charge is -2.35. The average Bonchev–Trinajstić information content (AvgIpc) is 2.88. The first-order valence-corrected chi connectivity index (χ1v) is 14.5. The van der Waals surface area contributed by atoms with Crippen LogP contribution in [-0.4, -0.2) is 56.6 Å². The van der Waals surface area contributed by atoms with Gasteiger partial charge in [0.15, 0.2) is 0 Å². The van der Waals surface area contributed by atoms with Crippen LogP contribution < -0.4 is 14.4 Å². The van der Waals surface area contributed by atoms with Gasteiger partial charge >= 0.3 is 0 Å². The molecule has 3 rings (SSSR count). The fourth-order valence-electron chi connectivity index (χ4n) is 4.22. The van der Waals surface area contributed by atoms with E-state index in [1.54, 1.807) is 24.3 Å². The Balaban J connectivity index is 2.07. The number of nitrogens with zero attached hydrogens (tertiary/aromatic N) is 2. The molecule has 3 aromatic rings. The van der Waals surface area contributed by atoms with Crippen LogP contribution in [-0.2, 0) is 32.6 Å². The third-order valence-corrected chi connectivity index (χ3v) is 7.12. The van der Waals surface area contributed by atoms with E-state index < -0.39 is 34.1 Å². The van der Waals surface area contributed by atoms with Gasteiger partial charge < -0.3 is 15.0 Å². The predicted molar refractivity (Wildman–Crippen MR) is 154 cm³/mol. The number of sulfonamides is 1. The SMILES string of the molecule is COc1ccccc1N(CC(=O)N(Cc1ccccc1)[C@H](Cc1ccccc1)C(=O)NC(C)(C)C)S(C)(=O)=O. The molecule has 0 fully saturated rings. The number of hydrogen-bond acceptors (Lipinski definition) is 5. The van der Waals surface area contributed by atoms with Crippen LogP contribution in [0.2, 0.25) is 0 Å². The van der Waals surface area contributed by atoms with Crippen LogP contribution >= 0.6 is 0 Å². The van der Waals surface area contributed by atoms with Crippen molar-refractivity contribution in [2.75, 3.05) is 24.2 Å². The molecule has 2 amide bonds. The third-order valence-electron chi connectivity index (χ3n) is 6.00. The van der Waals surface area contributed by atoms with Crippen molar-refractivity contribution in [2.24, 2.45) is 0 Å². The molecule has 0 bridgehead atoms. The summed E-state index contributed by atoms with van der Waals surface area (Å²) in [6.07, 6.45) is 1.30. The van der Waals surface area contributed by atoms with E-state index >= 15 is 0 Å². The Morgan fingerprint density at radius 3 is 1.95 bits per heavy atom. The van der Waals surface area contributed by atoms with Gasteiger partial charge in [-0.2, -0.15) is 0 Å². The van der Waals surface area contributed by atoms with Crippen molar-refractivity contribution in [3.8, 4) is 5.75 Å². The number of hydrogen-bond donors (Lipinski definition) is 1. The predicted octanol–water partition coefficient (Wildman–Crippen LogP) is 4.02. The molecule has 0 aliphatic heterocycles. The van der Waals surface area contributed by atoms with Gasteiger partial charge in [-0.3, -0.25) is 13.9 Å². The van der Waals surface area contributed by atoms with Gasteiger partial charge in [0.05, 0.1) is 19.1 Å². The van der Waals surface area contributed by atoms with E-state index in [9.17, 15) is 18.0 Å². The molecule has 8 nitrogen and oxygen atoms in total. The molecule has 39 heavy (non-hydrogen) atoms. The minimum atomic E-state index is -3.88. The molecule has 208 valence electrons. The lowest BCUT2D eigenvalue weighted by Crippen LogP contribution is -2.56. The number of methoxy groups -OCH3 is 1. The highest BCUT2D eigenvalue weighted by Crippen LogP contribution is 2.30. The minimum absolute atomic E-state index is 0.123. The minimum Gasteiger partial charge on any atom is -0.495 e. The van der Waals surface area contributed by atoms with Crippen LogP contribution in [0.5, 0.6) is 5.75 Å². The number of carbonyl (C=O) groups is 2. The second-order valence-electron chi connectivity index (χ2n) is 10.4. The summed E-state index contributed by atoms with van der Waals surface area (Å²) in [4.78, 5) is 29.2. The van der Waals surface area contributed by atoms with Gasteiger partial charge in [0.2, 0.25) is 21.8 Å². The van der Waals surface area contributed by atoms with Crippen molar-refractivity contribution < 1.29 is 22.7 Å². The molecule has 3 aromatic carbocycles. The van der Waals surface area contributed by atoms with E-state index in [4.69, 9.17) is 4.74 Å². The molecule has 1 atom stereocenters. The summed E-state index contributed by atoms with van der Waals surface area (Å²) in [5, 5.41) is 3.01. The summed E-state index contributed by atoms with van der Waals surface area (Å²) in [5.74, 6) is -0.518. The quantitative estimate of drug-likeness (QED) is 0.389. The van der Waals surface area contributed by atoms with Gasteiger partial charge in [-0.25, -0.2) is 8.42 Å². The Bertz CT molecular complexity index is 1360. The molecule has 0 radical (unpaired) electrons. The van der Waals surface area contributed by atoms with E-state index in [0.29, 0.717) is 5.75 Å². The molecular formula is C30H37N3O5S. The summed E-state index contributed by atoms with van der Waals surface area (Å²) in [6, 6.07) is 24.5. The lowest BCUT2D eigenvalue weighted by atomic mass is 10.0. The molecule has 0 saturated carbocycles. The van der Waals surface area contributed by atoms with Gasteiger partial charge in [-0.05, 0) is 44.0 Å². The maximum absolute atomic E-state index is 14.1. The smallest absolute Gasteiger partial charge is 0.244 e. The standard InChI is InChI=1S/C30H37N3O5S/c1-30(2,3)31-29(35)26(20-23-14-8-6-9-15-23)32(21-24-16-10-7-11-17-24)28(34)22-33(39(5,36)37)25-18-12-13-19-27(25)38-4/h6-19,26H,20-22H2,1-5H3,(H,31,35)/t26-/m1/s1. The monoisotopic (exact) mass is 551 g/mol. The Labute approximate surface area is 231 Å². The second kappa shape index (κ2) is 12.8. The van der Waals surface area contributed by atoms with Gasteiger partial charge in [0.1, 0.15) is 18.3 Å². The highest BCUT2D eigenvalue weighted by molar-refractivity contribution is 7.92. The number of amides is 2. The summed E-state index contributed by atoms with van der Waals surface area (Å²) >= 11 is 0. The molecular weight excluding hydrogens is 514 g/mol.